The van der Waals surface area contributed by atoms with Gasteiger partial charge in [0.1, 0.15) is 11.6 Å². The van der Waals surface area contributed by atoms with Crippen LogP contribution in [0.15, 0.2) is 53.4 Å². The number of anilines is 1. The molecule has 20 heavy (non-hydrogen) atoms. The molecule has 106 valence electrons. The SMILES string of the molecule is CCN(c1cccc(F)c1)S(=O)(=O)c1ccc(F)cc1. The topological polar surface area (TPSA) is 37.4 Å². The minimum absolute atomic E-state index is 0.0370. The molecule has 0 atom stereocenters. The summed E-state index contributed by atoms with van der Waals surface area (Å²) in [5.74, 6) is -1.03. The normalized spacial score (nSPS) is 11.3. The van der Waals surface area contributed by atoms with E-state index in [-0.39, 0.29) is 17.1 Å². The van der Waals surface area contributed by atoms with Gasteiger partial charge in [-0.15, -0.1) is 0 Å². The van der Waals surface area contributed by atoms with Gasteiger partial charge in [0, 0.05) is 6.54 Å². The molecule has 0 saturated carbocycles. The Kier molecular flexibility index (Phi) is 4.04. The van der Waals surface area contributed by atoms with Crippen LogP contribution in [0.2, 0.25) is 0 Å². The van der Waals surface area contributed by atoms with Crippen molar-refractivity contribution in [3.8, 4) is 0 Å². The molecule has 0 heterocycles. The summed E-state index contributed by atoms with van der Waals surface area (Å²) in [5.41, 5.74) is 0.233. The molecule has 6 heteroatoms. The highest BCUT2D eigenvalue weighted by Crippen LogP contribution is 2.24. The van der Waals surface area contributed by atoms with Crippen molar-refractivity contribution in [2.24, 2.45) is 0 Å². The number of hydrogen-bond donors (Lipinski definition) is 0. The lowest BCUT2D eigenvalue weighted by molar-refractivity contribution is 0.590. The Morgan fingerprint density at radius 2 is 1.65 bits per heavy atom. The quantitative estimate of drug-likeness (QED) is 0.869. The molecule has 0 N–H and O–H groups in total. The summed E-state index contributed by atoms with van der Waals surface area (Å²) in [7, 11) is -3.84. The molecule has 0 unspecified atom stereocenters. The van der Waals surface area contributed by atoms with Gasteiger partial charge >= 0.3 is 0 Å². The van der Waals surface area contributed by atoms with Crippen LogP contribution in [0.5, 0.6) is 0 Å². The first kappa shape index (κ1) is 14.5. The highest BCUT2D eigenvalue weighted by atomic mass is 32.2. The van der Waals surface area contributed by atoms with Gasteiger partial charge in [0.25, 0.3) is 10.0 Å². The summed E-state index contributed by atoms with van der Waals surface area (Å²) in [6.07, 6.45) is 0. The fraction of sp³-hybridized carbons (Fsp3) is 0.143. The number of nitrogens with zero attached hydrogens (tertiary/aromatic N) is 1. The smallest absolute Gasteiger partial charge is 0.264 e. The monoisotopic (exact) mass is 297 g/mol. The van der Waals surface area contributed by atoms with Crippen molar-refractivity contribution in [2.45, 2.75) is 11.8 Å². The third-order valence-electron chi connectivity index (χ3n) is 2.79. The van der Waals surface area contributed by atoms with Gasteiger partial charge in [-0.05, 0) is 49.4 Å². The van der Waals surface area contributed by atoms with Gasteiger partial charge in [-0.2, -0.15) is 0 Å². The molecule has 0 fully saturated rings. The minimum atomic E-state index is -3.84. The zero-order chi connectivity index (χ0) is 14.8. The zero-order valence-electron chi connectivity index (χ0n) is 10.8. The predicted molar refractivity (Wildman–Crippen MR) is 73.0 cm³/mol. The summed E-state index contributed by atoms with van der Waals surface area (Å²) < 4.78 is 52.1. The first-order chi connectivity index (χ1) is 9.45. The van der Waals surface area contributed by atoms with E-state index >= 15 is 0 Å². The van der Waals surface area contributed by atoms with Gasteiger partial charge in [0.2, 0.25) is 0 Å². The molecule has 0 radical (unpaired) electrons. The van der Waals surface area contributed by atoms with E-state index in [4.69, 9.17) is 0 Å². The zero-order valence-corrected chi connectivity index (χ0v) is 11.6. The summed E-state index contributed by atoms with van der Waals surface area (Å²) in [6.45, 7) is 1.79. The van der Waals surface area contributed by atoms with Crippen LogP contribution in [0.4, 0.5) is 14.5 Å². The second-order valence-corrected chi connectivity index (χ2v) is 5.97. The molecular weight excluding hydrogens is 284 g/mol. The largest absolute Gasteiger partial charge is 0.267 e. The maximum Gasteiger partial charge on any atom is 0.264 e. The van der Waals surface area contributed by atoms with Crippen LogP contribution in [0.3, 0.4) is 0 Å². The minimum Gasteiger partial charge on any atom is -0.267 e. The van der Waals surface area contributed by atoms with Crippen molar-refractivity contribution in [1.29, 1.82) is 0 Å². The Morgan fingerprint density at radius 1 is 1.00 bits per heavy atom. The summed E-state index contributed by atoms with van der Waals surface area (Å²) in [4.78, 5) is -0.0370. The molecular formula is C14H13F2NO2S. The van der Waals surface area contributed by atoms with Crippen LogP contribution in [0.1, 0.15) is 6.92 Å². The first-order valence-electron chi connectivity index (χ1n) is 5.99. The molecule has 0 aliphatic rings. The van der Waals surface area contributed by atoms with Crippen LogP contribution < -0.4 is 4.31 Å². The van der Waals surface area contributed by atoms with Gasteiger partial charge in [0.15, 0.2) is 0 Å². The lowest BCUT2D eigenvalue weighted by Gasteiger charge is -2.22. The van der Waals surface area contributed by atoms with Gasteiger partial charge in [-0.3, -0.25) is 4.31 Å². The van der Waals surface area contributed by atoms with E-state index in [0.29, 0.717) is 0 Å². The van der Waals surface area contributed by atoms with Crippen molar-refractivity contribution >= 4 is 15.7 Å². The standard InChI is InChI=1S/C14H13F2NO2S/c1-2-17(13-5-3-4-12(16)10-13)20(18,19)14-8-6-11(15)7-9-14/h3-10H,2H2,1H3. The maximum atomic E-state index is 13.2. The number of halogens is 2. The molecule has 2 aromatic rings. The molecule has 2 rings (SSSR count). The average molecular weight is 297 g/mol. The fourth-order valence-electron chi connectivity index (χ4n) is 1.86. The highest BCUT2D eigenvalue weighted by Gasteiger charge is 2.23. The third-order valence-corrected chi connectivity index (χ3v) is 4.70. The van der Waals surface area contributed by atoms with E-state index in [9.17, 15) is 17.2 Å². The Morgan fingerprint density at radius 3 is 2.20 bits per heavy atom. The van der Waals surface area contributed by atoms with Crippen molar-refractivity contribution in [3.05, 3.63) is 60.2 Å². The summed E-state index contributed by atoms with van der Waals surface area (Å²) in [6, 6.07) is 9.85. The van der Waals surface area contributed by atoms with Crippen LogP contribution in [-0.4, -0.2) is 15.0 Å². The van der Waals surface area contributed by atoms with Crippen LogP contribution >= 0.6 is 0 Å². The van der Waals surface area contributed by atoms with Crippen molar-refractivity contribution < 1.29 is 17.2 Å². The molecule has 0 saturated heterocycles. The molecule has 0 aliphatic carbocycles. The first-order valence-corrected chi connectivity index (χ1v) is 7.43. The number of hydrogen-bond acceptors (Lipinski definition) is 2. The van der Waals surface area contributed by atoms with E-state index in [0.717, 1.165) is 22.5 Å². The van der Waals surface area contributed by atoms with Crippen LogP contribution in [-0.2, 0) is 10.0 Å². The Hall–Kier alpha value is -1.95. The van der Waals surface area contributed by atoms with E-state index in [2.05, 4.69) is 0 Å². The highest BCUT2D eigenvalue weighted by molar-refractivity contribution is 7.92. The van der Waals surface area contributed by atoms with Gasteiger partial charge < -0.3 is 0 Å². The van der Waals surface area contributed by atoms with E-state index in [1.165, 1.54) is 30.3 Å². The molecule has 2 aromatic carbocycles. The van der Waals surface area contributed by atoms with Crippen molar-refractivity contribution in [3.63, 3.8) is 0 Å². The fourth-order valence-corrected chi connectivity index (χ4v) is 3.32. The van der Waals surface area contributed by atoms with Crippen molar-refractivity contribution in [1.82, 2.24) is 0 Å². The molecule has 3 nitrogen and oxygen atoms in total. The van der Waals surface area contributed by atoms with Crippen LogP contribution in [0, 0.1) is 11.6 Å². The summed E-state index contributed by atoms with van der Waals surface area (Å²) >= 11 is 0. The Balaban J connectivity index is 2.47. The molecule has 0 bridgehead atoms. The molecule has 0 aliphatic heterocycles. The van der Waals surface area contributed by atoms with E-state index in [1.54, 1.807) is 6.92 Å². The van der Waals surface area contributed by atoms with Crippen LogP contribution in [0.25, 0.3) is 0 Å². The van der Waals surface area contributed by atoms with E-state index < -0.39 is 21.7 Å². The number of sulfonamides is 1. The maximum absolute atomic E-state index is 13.2. The number of benzene rings is 2. The van der Waals surface area contributed by atoms with Gasteiger partial charge in [0.05, 0.1) is 10.6 Å². The molecule has 0 amide bonds. The average Bonchev–Trinajstić information content (AvgIpc) is 2.40. The molecule has 0 aromatic heterocycles. The molecule has 0 spiro atoms. The van der Waals surface area contributed by atoms with Gasteiger partial charge in [-0.25, -0.2) is 17.2 Å². The number of rotatable bonds is 4. The Bertz CT molecular complexity index is 699. The van der Waals surface area contributed by atoms with E-state index in [1.807, 2.05) is 0 Å². The van der Waals surface area contributed by atoms with Gasteiger partial charge in [-0.1, -0.05) is 6.07 Å². The lowest BCUT2D eigenvalue weighted by Crippen LogP contribution is -2.30. The second kappa shape index (κ2) is 5.58. The lowest BCUT2D eigenvalue weighted by atomic mass is 10.3. The summed E-state index contributed by atoms with van der Waals surface area (Å²) in [5, 5.41) is 0. The third kappa shape index (κ3) is 2.80. The van der Waals surface area contributed by atoms with Crippen molar-refractivity contribution in [2.75, 3.05) is 10.8 Å². The predicted octanol–water partition coefficient (Wildman–Crippen LogP) is 3.18. The second-order valence-electron chi connectivity index (χ2n) is 4.10. The Labute approximate surface area is 116 Å².